The first-order valence-electron chi connectivity index (χ1n) is 8.15. The standard InChI is InChI=1S/C17H22N2O3/c1-11-10-18-4-5-19(11)17(20)14-9-13(14)12-2-3-15-16(8-12)22-7-6-21-15/h2-3,8,11,13-14,18H,4-7,9-10H2,1H3/t11-,13?,14?/m0/s1. The highest BCUT2D eigenvalue weighted by atomic mass is 16.6. The number of nitrogens with one attached hydrogen (secondary N) is 1. The third kappa shape index (κ3) is 2.43. The molecule has 1 N–H and O–H groups in total. The molecule has 2 aliphatic heterocycles. The topological polar surface area (TPSA) is 50.8 Å². The zero-order valence-corrected chi connectivity index (χ0v) is 12.9. The Balaban J connectivity index is 1.46. The summed E-state index contributed by atoms with van der Waals surface area (Å²) in [7, 11) is 0. The molecule has 2 unspecified atom stereocenters. The Kier molecular flexibility index (Phi) is 3.45. The molecular formula is C17H22N2O3. The SMILES string of the molecule is C[C@H]1CNCCN1C(=O)C1CC1c1ccc2c(c1)OCCO2. The second kappa shape index (κ2) is 5.47. The van der Waals surface area contributed by atoms with Gasteiger partial charge in [0.25, 0.3) is 0 Å². The molecule has 1 amide bonds. The van der Waals surface area contributed by atoms with Crippen LogP contribution in [0.3, 0.4) is 0 Å². The predicted octanol–water partition coefficient (Wildman–Crippen LogP) is 1.38. The van der Waals surface area contributed by atoms with E-state index in [2.05, 4.69) is 18.3 Å². The molecule has 4 rings (SSSR count). The minimum atomic E-state index is 0.142. The molecule has 1 saturated carbocycles. The highest BCUT2D eigenvalue weighted by Gasteiger charge is 2.47. The van der Waals surface area contributed by atoms with Crippen LogP contribution in [0.15, 0.2) is 18.2 Å². The van der Waals surface area contributed by atoms with Crippen molar-refractivity contribution < 1.29 is 14.3 Å². The Morgan fingerprint density at radius 3 is 2.91 bits per heavy atom. The van der Waals surface area contributed by atoms with E-state index in [1.165, 1.54) is 5.56 Å². The van der Waals surface area contributed by atoms with Crippen molar-refractivity contribution in [2.45, 2.75) is 25.3 Å². The van der Waals surface area contributed by atoms with Crippen LogP contribution in [0.2, 0.25) is 0 Å². The fraction of sp³-hybridized carbons (Fsp3) is 0.588. The van der Waals surface area contributed by atoms with Gasteiger partial charge in [-0.15, -0.1) is 0 Å². The Morgan fingerprint density at radius 2 is 2.09 bits per heavy atom. The maximum atomic E-state index is 12.7. The fourth-order valence-electron chi connectivity index (χ4n) is 3.51. The lowest BCUT2D eigenvalue weighted by molar-refractivity contribution is -0.135. The van der Waals surface area contributed by atoms with Crippen molar-refractivity contribution in [3.63, 3.8) is 0 Å². The van der Waals surface area contributed by atoms with Gasteiger partial charge >= 0.3 is 0 Å². The highest BCUT2D eigenvalue weighted by Crippen LogP contribution is 2.50. The molecule has 5 nitrogen and oxygen atoms in total. The van der Waals surface area contributed by atoms with E-state index >= 15 is 0 Å². The van der Waals surface area contributed by atoms with Crippen LogP contribution in [0, 0.1) is 5.92 Å². The molecule has 2 heterocycles. The van der Waals surface area contributed by atoms with Crippen LogP contribution in [0.25, 0.3) is 0 Å². The monoisotopic (exact) mass is 302 g/mol. The summed E-state index contributed by atoms with van der Waals surface area (Å²) in [5.74, 6) is 2.43. The van der Waals surface area contributed by atoms with Crippen molar-refractivity contribution in [1.82, 2.24) is 10.2 Å². The van der Waals surface area contributed by atoms with Gasteiger partial charge in [-0.05, 0) is 37.0 Å². The number of benzene rings is 1. The summed E-state index contributed by atoms with van der Waals surface area (Å²) < 4.78 is 11.2. The number of carbonyl (C=O) groups excluding carboxylic acids is 1. The van der Waals surface area contributed by atoms with Crippen molar-refractivity contribution in [1.29, 1.82) is 0 Å². The molecule has 3 aliphatic rings. The van der Waals surface area contributed by atoms with Crippen LogP contribution in [0.5, 0.6) is 11.5 Å². The van der Waals surface area contributed by atoms with Gasteiger partial charge in [-0.25, -0.2) is 0 Å². The van der Waals surface area contributed by atoms with Crippen molar-refractivity contribution >= 4 is 5.91 Å². The van der Waals surface area contributed by atoms with Crippen LogP contribution in [0.4, 0.5) is 0 Å². The first-order valence-corrected chi connectivity index (χ1v) is 8.15. The van der Waals surface area contributed by atoms with Crippen LogP contribution in [-0.4, -0.2) is 49.7 Å². The lowest BCUT2D eigenvalue weighted by Crippen LogP contribution is -2.52. The molecule has 0 aromatic heterocycles. The molecule has 0 radical (unpaired) electrons. The Morgan fingerprint density at radius 1 is 1.27 bits per heavy atom. The molecule has 1 aliphatic carbocycles. The van der Waals surface area contributed by atoms with E-state index in [0.717, 1.165) is 37.6 Å². The summed E-state index contributed by atoms with van der Waals surface area (Å²) in [5, 5.41) is 3.33. The van der Waals surface area contributed by atoms with Gasteiger partial charge in [0, 0.05) is 31.6 Å². The Labute approximate surface area is 130 Å². The van der Waals surface area contributed by atoms with Gasteiger partial charge in [0.1, 0.15) is 13.2 Å². The summed E-state index contributed by atoms with van der Waals surface area (Å²) >= 11 is 0. The van der Waals surface area contributed by atoms with Gasteiger partial charge in [0.05, 0.1) is 0 Å². The van der Waals surface area contributed by atoms with Crippen LogP contribution in [-0.2, 0) is 4.79 Å². The fourth-order valence-corrected chi connectivity index (χ4v) is 3.51. The molecule has 3 atom stereocenters. The van der Waals surface area contributed by atoms with E-state index in [1.807, 2.05) is 17.0 Å². The molecule has 1 saturated heterocycles. The number of piperazine rings is 1. The number of ether oxygens (including phenoxy) is 2. The summed E-state index contributed by atoms with van der Waals surface area (Å²) in [4.78, 5) is 14.7. The van der Waals surface area contributed by atoms with E-state index < -0.39 is 0 Å². The minimum Gasteiger partial charge on any atom is -0.486 e. The maximum Gasteiger partial charge on any atom is 0.226 e. The normalized spacial score (nSPS) is 30.0. The summed E-state index contributed by atoms with van der Waals surface area (Å²) in [6.45, 7) is 5.94. The van der Waals surface area contributed by atoms with E-state index in [9.17, 15) is 4.79 Å². The lowest BCUT2D eigenvalue weighted by Gasteiger charge is -2.34. The van der Waals surface area contributed by atoms with Gasteiger partial charge in [-0.3, -0.25) is 4.79 Å². The van der Waals surface area contributed by atoms with Crippen molar-refractivity contribution in [3.8, 4) is 11.5 Å². The zero-order chi connectivity index (χ0) is 15.1. The van der Waals surface area contributed by atoms with Crippen LogP contribution >= 0.6 is 0 Å². The smallest absolute Gasteiger partial charge is 0.226 e. The molecular weight excluding hydrogens is 280 g/mol. The number of rotatable bonds is 2. The molecule has 22 heavy (non-hydrogen) atoms. The highest BCUT2D eigenvalue weighted by molar-refractivity contribution is 5.83. The van der Waals surface area contributed by atoms with Crippen molar-refractivity contribution in [2.75, 3.05) is 32.8 Å². The average molecular weight is 302 g/mol. The quantitative estimate of drug-likeness (QED) is 0.897. The second-order valence-corrected chi connectivity index (χ2v) is 6.44. The maximum absolute atomic E-state index is 12.7. The van der Waals surface area contributed by atoms with E-state index in [0.29, 0.717) is 31.1 Å². The average Bonchev–Trinajstić information content (AvgIpc) is 3.35. The summed E-state index contributed by atoms with van der Waals surface area (Å²) in [6, 6.07) is 6.39. The summed E-state index contributed by atoms with van der Waals surface area (Å²) in [5.41, 5.74) is 1.20. The zero-order valence-electron chi connectivity index (χ0n) is 12.9. The molecule has 1 aromatic rings. The third-order valence-electron chi connectivity index (χ3n) is 4.89. The van der Waals surface area contributed by atoms with Gasteiger partial charge < -0.3 is 19.7 Å². The van der Waals surface area contributed by atoms with Gasteiger partial charge in [-0.2, -0.15) is 0 Å². The number of hydrogen-bond donors (Lipinski definition) is 1. The van der Waals surface area contributed by atoms with Gasteiger partial charge in [0.2, 0.25) is 5.91 Å². The number of carbonyl (C=O) groups is 1. The predicted molar refractivity (Wildman–Crippen MR) is 82.3 cm³/mol. The molecule has 2 fully saturated rings. The molecule has 118 valence electrons. The largest absolute Gasteiger partial charge is 0.486 e. The first-order chi connectivity index (χ1) is 10.7. The van der Waals surface area contributed by atoms with Crippen LogP contribution < -0.4 is 14.8 Å². The van der Waals surface area contributed by atoms with E-state index in [4.69, 9.17) is 9.47 Å². The van der Waals surface area contributed by atoms with E-state index in [-0.39, 0.29) is 5.92 Å². The van der Waals surface area contributed by atoms with Gasteiger partial charge in [0.15, 0.2) is 11.5 Å². The van der Waals surface area contributed by atoms with E-state index in [1.54, 1.807) is 0 Å². The second-order valence-electron chi connectivity index (χ2n) is 6.44. The molecule has 0 spiro atoms. The molecule has 5 heteroatoms. The molecule has 0 bridgehead atoms. The number of nitrogens with zero attached hydrogens (tertiary/aromatic N) is 1. The number of hydrogen-bond acceptors (Lipinski definition) is 4. The first kappa shape index (κ1) is 13.9. The Hall–Kier alpha value is -1.75. The van der Waals surface area contributed by atoms with Crippen LogP contribution in [0.1, 0.15) is 24.8 Å². The van der Waals surface area contributed by atoms with Crippen molar-refractivity contribution in [3.05, 3.63) is 23.8 Å². The van der Waals surface area contributed by atoms with Crippen molar-refractivity contribution in [2.24, 2.45) is 5.92 Å². The lowest BCUT2D eigenvalue weighted by atomic mass is 10.1. The third-order valence-corrected chi connectivity index (χ3v) is 4.89. The summed E-state index contributed by atoms with van der Waals surface area (Å²) in [6.07, 6.45) is 0.953. The molecule has 1 aromatic carbocycles. The number of amides is 1. The number of fused-ring (bicyclic) bond motifs is 1. The Bertz CT molecular complexity index is 589. The van der Waals surface area contributed by atoms with Gasteiger partial charge in [-0.1, -0.05) is 6.07 Å². The minimum absolute atomic E-state index is 0.142.